The zero-order valence-corrected chi connectivity index (χ0v) is 17.4. The van der Waals surface area contributed by atoms with Crippen molar-refractivity contribution in [3.8, 4) is 0 Å². The molecule has 0 heterocycles. The van der Waals surface area contributed by atoms with E-state index in [0.29, 0.717) is 13.1 Å². The van der Waals surface area contributed by atoms with Gasteiger partial charge in [0.25, 0.3) is 5.69 Å². The Balaban J connectivity index is 1.48. The number of nitro benzene ring substituents is 1. The molecule has 0 unspecified atom stereocenters. The smallest absolute Gasteiger partial charge is 0.269 e. The largest absolute Gasteiger partial charge is 0.383 e. The minimum absolute atomic E-state index is 0.0477. The minimum Gasteiger partial charge on any atom is -0.383 e. The van der Waals surface area contributed by atoms with Gasteiger partial charge in [-0.2, -0.15) is 0 Å². The standard InChI is InChI=1S/C24H26N4O3/c1-18-7-9-20(10-8-18)24(19-5-3-2-4-6-19)27-17-23(29)26-16-15-25-21-11-13-22(14-12-21)28(30)31/h2-14,24-25,27H,15-17H2,1H3,(H,26,29)/t24-/m1/s1. The first-order chi connectivity index (χ1) is 15.0. The number of aryl methyl sites for hydroxylation is 1. The Hall–Kier alpha value is -3.71. The summed E-state index contributed by atoms with van der Waals surface area (Å²) in [5.74, 6) is -0.0986. The van der Waals surface area contributed by atoms with Gasteiger partial charge in [0.1, 0.15) is 0 Å². The van der Waals surface area contributed by atoms with Crippen molar-refractivity contribution in [2.45, 2.75) is 13.0 Å². The third-order valence-corrected chi connectivity index (χ3v) is 4.86. The van der Waals surface area contributed by atoms with Gasteiger partial charge in [-0.3, -0.25) is 20.2 Å². The lowest BCUT2D eigenvalue weighted by molar-refractivity contribution is -0.384. The lowest BCUT2D eigenvalue weighted by Gasteiger charge is -2.20. The summed E-state index contributed by atoms with van der Waals surface area (Å²) in [5.41, 5.74) is 4.20. The molecule has 0 saturated carbocycles. The maximum absolute atomic E-state index is 12.3. The number of carbonyl (C=O) groups is 1. The van der Waals surface area contributed by atoms with Crippen LogP contribution in [0.3, 0.4) is 0 Å². The number of nitrogens with zero attached hydrogens (tertiary/aromatic N) is 1. The summed E-state index contributed by atoms with van der Waals surface area (Å²) in [6.07, 6.45) is 0. The van der Waals surface area contributed by atoms with Crippen molar-refractivity contribution in [2.75, 3.05) is 25.0 Å². The van der Waals surface area contributed by atoms with E-state index in [4.69, 9.17) is 0 Å². The fourth-order valence-electron chi connectivity index (χ4n) is 3.20. The zero-order valence-electron chi connectivity index (χ0n) is 17.4. The molecule has 0 fully saturated rings. The molecule has 1 atom stereocenters. The van der Waals surface area contributed by atoms with Crippen LogP contribution in [0, 0.1) is 17.0 Å². The van der Waals surface area contributed by atoms with E-state index in [1.54, 1.807) is 12.1 Å². The Bertz CT molecular complexity index is 990. The monoisotopic (exact) mass is 418 g/mol. The van der Waals surface area contributed by atoms with Crippen LogP contribution in [0.1, 0.15) is 22.7 Å². The minimum atomic E-state index is -0.434. The van der Waals surface area contributed by atoms with Crippen molar-refractivity contribution in [1.82, 2.24) is 10.6 Å². The summed E-state index contributed by atoms with van der Waals surface area (Å²) >= 11 is 0. The highest BCUT2D eigenvalue weighted by atomic mass is 16.6. The molecule has 7 nitrogen and oxygen atoms in total. The Labute approximate surface area is 181 Å². The van der Waals surface area contributed by atoms with Gasteiger partial charge >= 0.3 is 0 Å². The van der Waals surface area contributed by atoms with Gasteiger partial charge in [0.2, 0.25) is 5.91 Å². The zero-order chi connectivity index (χ0) is 22.1. The number of rotatable bonds is 10. The predicted octanol–water partition coefficient (Wildman–Crippen LogP) is 3.81. The van der Waals surface area contributed by atoms with Gasteiger partial charge < -0.3 is 10.6 Å². The third-order valence-electron chi connectivity index (χ3n) is 4.86. The van der Waals surface area contributed by atoms with E-state index in [-0.39, 0.29) is 24.2 Å². The van der Waals surface area contributed by atoms with Crippen LogP contribution in [0.5, 0.6) is 0 Å². The highest BCUT2D eigenvalue weighted by molar-refractivity contribution is 5.78. The molecule has 0 saturated heterocycles. The van der Waals surface area contributed by atoms with E-state index in [9.17, 15) is 14.9 Å². The lowest BCUT2D eigenvalue weighted by atomic mass is 9.98. The highest BCUT2D eigenvalue weighted by Crippen LogP contribution is 2.22. The Kier molecular flexibility index (Phi) is 7.73. The molecule has 3 aromatic rings. The van der Waals surface area contributed by atoms with E-state index in [1.165, 1.54) is 17.7 Å². The van der Waals surface area contributed by atoms with Gasteiger partial charge in [0.15, 0.2) is 0 Å². The summed E-state index contributed by atoms with van der Waals surface area (Å²) in [5, 5.41) is 20.0. The molecule has 160 valence electrons. The highest BCUT2D eigenvalue weighted by Gasteiger charge is 2.14. The quantitative estimate of drug-likeness (QED) is 0.264. The van der Waals surface area contributed by atoms with Gasteiger partial charge in [0, 0.05) is 30.9 Å². The summed E-state index contributed by atoms with van der Waals surface area (Å²) in [7, 11) is 0. The second-order valence-corrected chi connectivity index (χ2v) is 7.22. The van der Waals surface area contributed by atoms with E-state index in [2.05, 4.69) is 40.2 Å². The number of benzene rings is 3. The fraction of sp³-hybridized carbons (Fsp3) is 0.208. The van der Waals surface area contributed by atoms with Gasteiger partial charge in [-0.25, -0.2) is 0 Å². The molecule has 1 amide bonds. The summed E-state index contributed by atoms with van der Waals surface area (Å²) < 4.78 is 0. The molecule has 0 aliphatic carbocycles. The average molecular weight is 418 g/mol. The molecule has 0 spiro atoms. The molecule has 3 N–H and O–H groups in total. The molecule has 0 radical (unpaired) electrons. The van der Waals surface area contributed by atoms with E-state index >= 15 is 0 Å². The van der Waals surface area contributed by atoms with Crippen molar-refractivity contribution in [2.24, 2.45) is 0 Å². The second kappa shape index (κ2) is 10.9. The Morgan fingerprint density at radius 1 is 0.903 bits per heavy atom. The molecular weight excluding hydrogens is 392 g/mol. The normalized spacial score (nSPS) is 11.5. The molecule has 7 heteroatoms. The molecule has 3 rings (SSSR count). The SMILES string of the molecule is Cc1ccc([C@H](NCC(=O)NCCNc2ccc([N+](=O)[O-])cc2)c2ccccc2)cc1. The maximum atomic E-state index is 12.3. The van der Waals surface area contributed by atoms with Crippen LogP contribution in [0.2, 0.25) is 0 Å². The van der Waals surface area contributed by atoms with Crippen molar-refractivity contribution < 1.29 is 9.72 Å². The maximum Gasteiger partial charge on any atom is 0.269 e. The van der Waals surface area contributed by atoms with Crippen LogP contribution < -0.4 is 16.0 Å². The number of nitrogens with one attached hydrogen (secondary N) is 3. The molecule has 3 aromatic carbocycles. The first-order valence-electron chi connectivity index (χ1n) is 10.1. The van der Waals surface area contributed by atoms with Crippen LogP contribution >= 0.6 is 0 Å². The van der Waals surface area contributed by atoms with Gasteiger partial charge in [-0.05, 0) is 30.2 Å². The molecular formula is C24H26N4O3. The van der Waals surface area contributed by atoms with Crippen molar-refractivity contribution >= 4 is 17.3 Å². The van der Waals surface area contributed by atoms with Crippen LogP contribution in [-0.4, -0.2) is 30.5 Å². The molecule has 0 aliphatic heterocycles. The summed E-state index contributed by atoms with van der Waals surface area (Å²) in [4.78, 5) is 22.6. The van der Waals surface area contributed by atoms with Gasteiger partial charge in [-0.15, -0.1) is 0 Å². The lowest BCUT2D eigenvalue weighted by Crippen LogP contribution is -2.38. The van der Waals surface area contributed by atoms with Crippen LogP contribution in [0.15, 0.2) is 78.9 Å². The first kappa shape index (κ1) is 22.0. The number of hydrogen-bond acceptors (Lipinski definition) is 5. The first-order valence-corrected chi connectivity index (χ1v) is 10.1. The molecule has 31 heavy (non-hydrogen) atoms. The van der Waals surface area contributed by atoms with Crippen molar-refractivity contribution in [3.05, 3.63) is 106 Å². The Morgan fingerprint density at radius 2 is 1.55 bits per heavy atom. The topological polar surface area (TPSA) is 96.3 Å². The van der Waals surface area contributed by atoms with Gasteiger partial charge in [-0.1, -0.05) is 60.2 Å². The number of nitro groups is 1. The van der Waals surface area contributed by atoms with Crippen molar-refractivity contribution in [3.63, 3.8) is 0 Å². The molecule has 0 aromatic heterocycles. The number of anilines is 1. The second-order valence-electron chi connectivity index (χ2n) is 7.22. The van der Waals surface area contributed by atoms with Crippen LogP contribution in [-0.2, 0) is 4.79 Å². The summed E-state index contributed by atoms with van der Waals surface area (Å²) in [6, 6.07) is 24.4. The molecule has 0 aliphatic rings. The van der Waals surface area contributed by atoms with Crippen molar-refractivity contribution in [1.29, 1.82) is 0 Å². The predicted molar refractivity (Wildman–Crippen MR) is 122 cm³/mol. The summed E-state index contributed by atoms with van der Waals surface area (Å²) in [6.45, 7) is 3.19. The number of hydrogen-bond donors (Lipinski definition) is 3. The number of non-ortho nitro benzene ring substituents is 1. The number of carbonyl (C=O) groups excluding carboxylic acids is 1. The average Bonchev–Trinajstić information content (AvgIpc) is 2.79. The van der Waals surface area contributed by atoms with E-state index < -0.39 is 4.92 Å². The third kappa shape index (κ3) is 6.65. The molecule has 0 bridgehead atoms. The number of amides is 1. The van der Waals surface area contributed by atoms with E-state index in [1.807, 2.05) is 37.3 Å². The van der Waals surface area contributed by atoms with Gasteiger partial charge in [0.05, 0.1) is 17.5 Å². The Morgan fingerprint density at radius 3 is 2.19 bits per heavy atom. The van der Waals surface area contributed by atoms with Crippen LogP contribution in [0.4, 0.5) is 11.4 Å². The van der Waals surface area contributed by atoms with E-state index in [0.717, 1.165) is 16.8 Å². The fourth-order valence-corrected chi connectivity index (χ4v) is 3.20. The van der Waals surface area contributed by atoms with Crippen LogP contribution in [0.25, 0.3) is 0 Å².